The predicted molar refractivity (Wildman–Crippen MR) is 77.5 cm³/mol. The molecule has 23 heavy (non-hydrogen) atoms. The van der Waals surface area contributed by atoms with Crippen LogP contribution in [0.5, 0.6) is 0 Å². The first-order chi connectivity index (χ1) is 11.2. The van der Waals surface area contributed by atoms with E-state index in [4.69, 9.17) is 4.42 Å². The number of fused-ring (bicyclic) bond motifs is 1. The van der Waals surface area contributed by atoms with Crippen molar-refractivity contribution in [1.29, 1.82) is 0 Å². The van der Waals surface area contributed by atoms with Gasteiger partial charge in [-0.1, -0.05) is 6.07 Å². The molecule has 0 aromatic carbocycles. The number of hydrogen-bond acceptors (Lipinski definition) is 8. The molecule has 4 aromatic rings. The summed E-state index contributed by atoms with van der Waals surface area (Å²) in [5, 5.41) is 21.6. The van der Waals surface area contributed by atoms with E-state index in [2.05, 4.69) is 25.5 Å². The molecule has 0 aliphatic rings. The van der Waals surface area contributed by atoms with E-state index < -0.39 is 12.2 Å². The van der Waals surface area contributed by atoms with Crippen molar-refractivity contribution in [3.63, 3.8) is 0 Å². The fraction of sp³-hybridized carbons (Fsp3) is 0.0833. The Morgan fingerprint density at radius 2 is 2.04 bits per heavy atom. The highest BCUT2D eigenvalue weighted by molar-refractivity contribution is 7.99. The van der Waals surface area contributed by atoms with Crippen LogP contribution < -0.4 is 0 Å². The number of halogens is 2. The topological polar surface area (TPSA) is 82.0 Å². The van der Waals surface area contributed by atoms with Crippen molar-refractivity contribution in [2.45, 2.75) is 16.7 Å². The molecule has 4 rings (SSSR count). The van der Waals surface area contributed by atoms with Gasteiger partial charge in [-0.2, -0.15) is 9.61 Å². The summed E-state index contributed by atoms with van der Waals surface area (Å²) in [5.41, 5.74) is 0.245. The Hall–Kier alpha value is -2.40. The third-order valence-corrected chi connectivity index (χ3v) is 4.41. The second-order valence-corrected chi connectivity index (χ2v) is 6.17. The van der Waals surface area contributed by atoms with Gasteiger partial charge in [0.15, 0.2) is 5.65 Å². The van der Waals surface area contributed by atoms with Crippen molar-refractivity contribution in [3.05, 3.63) is 35.5 Å². The highest BCUT2D eigenvalue weighted by atomic mass is 32.2. The van der Waals surface area contributed by atoms with Crippen molar-refractivity contribution in [2.75, 3.05) is 0 Å². The molecule has 11 heteroatoms. The fourth-order valence-electron chi connectivity index (χ4n) is 1.82. The van der Waals surface area contributed by atoms with Crippen molar-refractivity contribution in [2.24, 2.45) is 0 Å². The second-order valence-electron chi connectivity index (χ2n) is 4.25. The molecule has 0 radical (unpaired) electrons. The summed E-state index contributed by atoms with van der Waals surface area (Å²) in [7, 11) is 0. The maximum absolute atomic E-state index is 12.8. The highest BCUT2D eigenvalue weighted by Crippen LogP contribution is 2.30. The van der Waals surface area contributed by atoms with Gasteiger partial charge in [-0.3, -0.25) is 0 Å². The van der Waals surface area contributed by atoms with Gasteiger partial charge >= 0.3 is 0 Å². The number of thiophene rings is 1. The van der Waals surface area contributed by atoms with E-state index in [9.17, 15) is 8.78 Å². The number of hydrogen-bond donors (Lipinski definition) is 0. The van der Waals surface area contributed by atoms with Gasteiger partial charge in [0.2, 0.25) is 5.82 Å². The van der Waals surface area contributed by atoms with Crippen molar-refractivity contribution in [3.8, 4) is 10.8 Å². The maximum atomic E-state index is 12.8. The van der Waals surface area contributed by atoms with E-state index in [-0.39, 0.29) is 10.9 Å². The molecule has 0 amide bonds. The van der Waals surface area contributed by atoms with Gasteiger partial charge in [0.05, 0.1) is 4.88 Å². The van der Waals surface area contributed by atoms with E-state index in [0.717, 1.165) is 21.2 Å². The summed E-state index contributed by atoms with van der Waals surface area (Å²) in [6, 6.07) is 6.91. The number of rotatable bonds is 4. The molecular formula is C12H6F2N6OS2. The van der Waals surface area contributed by atoms with Gasteiger partial charge in [-0.25, -0.2) is 8.78 Å². The molecule has 7 nitrogen and oxygen atoms in total. The zero-order valence-electron chi connectivity index (χ0n) is 11.1. The zero-order valence-corrected chi connectivity index (χ0v) is 12.8. The summed E-state index contributed by atoms with van der Waals surface area (Å²) in [6.07, 6.45) is -2.76. The molecule has 4 aromatic heterocycles. The van der Waals surface area contributed by atoms with Crippen LogP contribution in [-0.2, 0) is 0 Å². The maximum Gasteiger partial charge on any atom is 0.299 e. The molecule has 0 spiro atoms. The molecule has 4 heterocycles. The van der Waals surface area contributed by atoms with Gasteiger partial charge in [0.25, 0.3) is 17.5 Å². The molecule has 0 bridgehead atoms. The van der Waals surface area contributed by atoms with Crippen LogP contribution in [0.2, 0.25) is 0 Å². The molecule has 116 valence electrons. The Bertz CT molecular complexity index is 952. The summed E-state index contributed by atoms with van der Waals surface area (Å²) >= 11 is 2.56. The van der Waals surface area contributed by atoms with Crippen LogP contribution in [-0.4, -0.2) is 30.0 Å². The summed E-state index contributed by atoms with van der Waals surface area (Å²) in [5.74, 6) is -0.103. The Labute approximate surface area is 135 Å². The van der Waals surface area contributed by atoms with Crippen molar-refractivity contribution in [1.82, 2.24) is 30.0 Å². The molecule has 0 fully saturated rings. The lowest BCUT2D eigenvalue weighted by molar-refractivity contribution is 0.137. The lowest BCUT2D eigenvalue weighted by Gasteiger charge is -1.99. The molecule has 0 aliphatic carbocycles. The van der Waals surface area contributed by atoms with Crippen molar-refractivity contribution < 1.29 is 13.2 Å². The summed E-state index contributed by atoms with van der Waals surface area (Å²) < 4.78 is 32.2. The number of aromatic nitrogens is 6. The zero-order chi connectivity index (χ0) is 15.8. The Kier molecular flexibility index (Phi) is 3.50. The second kappa shape index (κ2) is 5.66. The van der Waals surface area contributed by atoms with E-state index in [1.165, 1.54) is 11.3 Å². The molecule has 0 atom stereocenters. The largest absolute Gasteiger partial charge is 0.410 e. The molecule has 0 saturated heterocycles. The first-order valence-electron chi connectivity index (χ1n) is 6.26. The van der Waals surface area contributed by atoms with E-state index >= 15 is 0 Å². The van der Waals surface area contributed by atoms with Crippen LogP contribution in [0.15, 0.2) is 44.3 Å². The monoisotopic (exact) mass is 352 g/mol. The van der Waals surface area contributed by atoms with Crippen LogP contribution >= 0.6 is 23.1 Å². The lowest BCUT2D eigenvalue weighted by atomic mass is 10.5. The van der Waals surface area contributed by atoms with Crippen molar-refractivity contribution >= 4 is 28.7 Å². The van der Waals surface area contributed by atoms with Gasteiger partial charge in [0, 0.05) is 0 Å². The third-order valence-electron chi connectivity index (χ3n) is 2.79. The first kappa shape index (κ1) is 14.2. The summed E-state index contributed by atoms with van der Waals surface area (Å²) in [6.45, 7) is 0. The quantitative estimate of drug-likeness (QED) is 0.557. The van der Waals surface area contributed by atoms with Gasteiger partial charge in [-0.15, -0.1) is 31.7 Å². The average molecular weight is 352 g/mol. The minimum absolute atomic E-state index is 0.245. The number of alkyl halides is 2. The van der Waals surface area contributed by atoms with Gasteiger partial charge in [0.1, 0.15) is 5.03 Å². The van der Waals surface area contributed by atoms with E-state index in [1.54, 1.807) is 12.1 Å². The summed E-state index contributed by atoms with van der Waals surface area (Å²) in [4.78, 5) is 0.853. The minimum Gasteiger partial charge on any atom is -0.410 e. The number of nitrogens with zero attached hydrogens (tertiary/aromatic N) is 6. The Morgan fingerprint density at radius 3 is 2.83 bits per heavy atom. The fourth-order valence-corrected chi connectivity index (χ4v) is 3.10. The molecule has 0 saturated carbocycles. The van der Waals surface area contributed by atoms with Crippen LogP contribution in [0, 0.1) is 0 Å². The van der Waals surface area contributed by atoms with Crippen LogP contribution in [0.4, 0.5) is 8.78 Å². The Balaban J connectivity index is 1.64. The average Bonchev–Trinajstić information content (AvgIpc) is 3.27. The lowest BCUT2D eigenvalue weighted by Crippen LogP contribution is -2.00. The molecule has 0 N–H and O–H groups in total. The highest BCUT2D eigenvalue weighted by Gasteiger charge is 2.18. The standard InChI is InChI=1S/C12H6F2N6OS2/c13-9(14)10-16-15-7-3-4-8(19-20(7)10)23-12-18-17-11(21-12)6-2-1-5-22-6/h1-5,9H. The van der Waals surface area contributed by atoms with E-state index in [0.29, 0.717) is 10.9 Å². The normalized spacial score (nSPS) is 11.6. The first-order valence-corrected chi connectivity index (χ1v) is 7.96. The van der Waals surface area contributed by atoms with Crippen LogP contribution in [0.25, 0.3) is 16.4 Å². The van der Waals surface area contributed by atoms with Gasteiger partial charge < -0.3 is 4.42 Å². The molecular weight excluding hydrogens is 346 g/mol. The minimum atomic E-state index is -2.76. The van der Waals surface area contributed by atoms with Crippen LogP contribution in [0.3, 0.4) is 0 Å². The van der Waals surface area contributed by atoms with Crippen LogP contribution in [0.1, 0.15) is 12.2 Å². The predicted octanol–water partition coefficient (Wildman–Crippen LogP) is 3.32. The smallest absolute Gasteiger partial charge is 0.299 e. The van der Waals surface area contributed by atoms with Gasteiger partial charge in [-0.05, 0) is 35.3 Å². The van der Waals surface area contributed by atoms with E-state index in [1.807, 2.05) is 17.5 Å². The SMILES string of the molecule is FC(F)c1nnc2ccc(Sc3nnc(-c4cccs4)o3)nn12. The molecule has 0 unspecified atom stereocenters. The third kappa shape index (κ3) is 2.68. The molecule has 0 aliphatic heterocycles. The Morgan fingerprint density at radius 1 is 1.13 bits per heavy atom.